The minimum atomic E-state index is -3.48. The van der Waals surface area contributed by atoms with Gasteiger partial charge in [-0.2, -0.15) is 0 Å². The van der Waals surface area contributed by atoms with E-state index in [-0.39, 0.29) is 12.2 Å². The molecule has 1 heterocycles. The van der Waals surface area contributed by atoms with Crippen LogP contribution in [0.15, 0.2) is 42.2 Å². The second-order valence-corrected chi connectivity index (χ2v) is 8.12. The summed E-state index contributed by atoms with van der Waals surface area (Å²) in [7, 11) is -1.90. The monoisotopic (exact) mass is 341 g/mol. The van der Waals surface area contributed by atoms with Crippen molar-refractivity contribution in [1.29, 1.82) is 0 Å². The zero-order valence-electron chi connectivity index (χ0n) is 14.9. The van der Waals surface area contributed by atoms with Gasteiger partial charge >= 0.3 is 0 Å². The van der Waals surface area contributed by atoms with Gasteiger partial charge in [0.1, 0.15) is 24.4 Å². The standard InChI is InChI=1S/C17H25O5P/c1-12(2)21-16-14(10-11-23(4,18)19)22-15(17(16)20-3)13-8-6-5-7-9-13/h5-12,14-17H,1-4H3,(H,18,19)/b11-10+/t14-,15+,16-,17+/m1/s1/i10D. The zero-order valence-corrected chi connectivity index (χ0v) is 14.8. The van der Waals surface area contributed by atoms with Crippen LogP contribution in [-0.2, 0) is 18.8 Å². The summed E-state index contributed by atoms with van der Waals surface area (Å²) in [5.41, 5.74) is 0.917. The van der Waals surface area contributed by atoms with E-state index in [2.05, 4.69) is 0 Å². The van der Waals surface area contributed by atoms with Crippen molar-refractivity contribution in [3.63, 3.8) is 0 Å². The number of methoxy groups -OCH3 is 1. The summed E-state index contributed by atoms with van der Waals surface area (Å²) in [5, 5.41) is 0. The second-order valence-electron chi connectivity index (χ2n) is 5.98. The molecular formula is C17H25O5P. The predicted molar refractivity (Wildman–Crippen MR) is 89.8 cm³/mol. The molecule has 1 fully saturated rings. The lowest BCUT2D eigenvalue weighted by atomic mass is 10.0. The van der Waals surface area contributed by atoms with Crippen LogP contribution in [0.5, 0.6) is 0 Å². The van der Waals surface area contributed by atoms with E-state index in [1.54, 1.807) is 7.11 Å². The molecule has 5 nitrogen and oxygen atoms in total. The van der Waals surface area contributed by atoms with Crippen molar-refractivity contribution in [3.8, 4) is 0 Å². The summed E-state index contributed by atoms with van der Waals surface area (Å²) in [4.78, 5) is 9.55. The molecule has 0 aromatic heterocycles. The first-order valence-electron chi connectivity index (χ1n) is 8.11. The van der Waals surface area contributed by atoms with Gasteiger partial charge in [-0.3, -0.25) is 4.57 Å². The molecule has 1 saturated heterocycles. The molecule has 1 N–H and O–H groups in total. The zero-order chi connectivity index (χ0) is 17.9. The number of rotatable bonds is 6. The molecule has 0 bridgehead atoms. The van der Waals surface area contributed by atoms with Gasteiger partial charge in [-0.1, -0.05) is 30.3 Å². The first-order valence-corrected chi connectivity index (χ1v) is 9.78. The summed E-state index contributed by atoms with van der Waals surface area (Å²) in [6, 6.07) is 9.51. The molecule has 0 saturated carbocycles. The minimum Gasteiger partial charge on any atom is -0.376 e. The highest BCUT2D eigenvalue weighted by Crippen LogP contribution is 2.41. The Kier molecular flexibility index (Phi) is 5.67. The minimum absolute atomic E-state index is 0.0607. The third-order valence-corrected chi connectivity index (χ3v) is 4.15. The van der Waals surface area contributed by atoms with E-state index in [4.69, 9.17) is 15.6 Å². The lowest BCUT2D eigenvalue weighted by Crippen LogP contribution is -2.36. The largest absolute Gasteiger partial charge is 0.376 e. The van der Waals surface area contributed by atoms with Crippen molar-refractivity contribution in [2.75, 3.05) is 13.8 Å². The van der Waals surface area contributed by atoms with Gasteiger partial charge in [0.15, 0.2) is 0 Å². The van der Waals surface area contributed by atoms with Crippen LogP contribution >= 0.6 is 7.37 Å². The summed E-state index contributed by atoms with van der Waals surface area (Å²) < 4.78 is 37.4. The van der Waals surface area contributed by atoms with E-state index in [1.807, 2.05) is 44.2 Å². The lowest BCUT2D eigenvalue weighted by Gasteiger charge is -2.24. The Morgan fingerprint density at radius 1 is 1.35 bits per heavy atom. The van der Waals surface area contributed by atoms with Crippen LogP contribution in [0.4, 0.5) is 0 Å². The summed E-state index contributed by atoms with van der Waals surface area (Å²) in [5.74, 6) is 1.05. The predicted octanol–water partition coefficient (Wildman–Crippen LogP) is 3.35. The Labute approximate surface area is 139 Å². The molecule has 2 rings (SSSR count). The Balaban J connectivity index is 2.38. The molecule has 1 aliphatic heterocycles. The quantitative estimate of drug-likeness (QED) is 0.804. The van der Waals surface area contributed by atoms with Gasteiger partial charge in [0.05, 0.1) is 7.47 Å². The Bertz CT molecular complexity index is 613. The van der Waals surface area contributed by atoms with E-state index >= 15 is 0 Å². The number of benzene rings is 1. The fourth-order valence-corrected chi connectivity index (χ4v) is 3.06. The van der Waals surface area contributed by atoms with E-state index in [0.717, 1.165) is 11.4 Å². The van der Waals surface area contributed by atoms with Crippen molar-refractivity contribution in [2.45, 2.75) is 44.4 Å². The van der Waals surface area contributed by atoms with Crippen molar-refractivity contribution in [3.05, 3.63) is 47.8 Å². The van der Waals surface area contributed by atoms with E-state index in [0.29, 0.717) is 0 Å². The van der Waals surface area contributed by atoms with Crippen LogP contribution in [-0.4, -0.2) is 43.1 Å². The maximum Gasteiger partial charge on any atom is 0.219 e. The molecule has 0 aliphatic carbocycles. The van der Waals surface area contributed by atoms with Crippen molar-refractivity contribution in [1.82, 2.24) is 0 Å². The highest BCUT2D eigenvalue weighted by Gasteiger charge is 2.45. The third kappa shape index (κ3) is 5.00. The van der Waals surface area contributed by atoms with Gasteiger partial charge < -0.3 is 19.1 Å². The molecule has 1 unspecified atom stereocenters. The van der Waals surface area contributed by atoms with Gasteiger partial charge in [0.25, 0.3) is 0 Å². The molecule has 1 aliphatic rings. The van der Waals surface area contributed by atoms with Crippen molar-refractivity contribution >= 4 is 7.37 Å². The Morgan fingerprint density at radius 2 is 2.00 bits per heavy atom. The molecular weight excluding hydrogens is 315 g/mol. The molecule has 6 heteroatoms. The Hall–Kier alpha value is -0.970. The molecule has 23 heavy (non-hydrogen) atoms. The van der Waals surface area contributed by atoms with Crippen molar-refractivity contribution in [2.24, 2.45) is 0 Å². The highest BCUT2D eigenvalue weighted by atomic mass is 31.2. The van der Waals surface area contributed by atoms with Gasteiger partial charge in [-0.25, -0.2) is 0 Å². The van der Waals surface area contributed by atoms with E-state index < -0.39 is 31.8 Å². The van der Waals surface area contributed by atoms with Crippen LogP contribution in [0, 0.1) is 0 Å². The van der Waals surface area contributed by atoms with Crippen LogP contribution in [0.3, 0.4) is 0 Å². The molecule has 1 aromatic carbocycles. The first kappa shape index (κ1) is 16.9. The van der Waals surface area contributed by atoms with Crippen LogP contribution in [0.2, 0.25) is 0 Å². The topological polar surface area (TPSA) is 65.0 Å². The molecule has 5 atom stereocenters. The number of hydrogen-bond acceptors (Lipinski definition) is 4. The second kappa shape index (κ2) is 7.73. The van der Waals surface area contributed by atoms with Crippen LogP contribution in [0.25, 0.3) is 0 Å². The van der Waals surface area contributed by atoms with Crippen LogP contribution in [0.1, 0.15) is 26.9 Å². The lowest BCUT2D eigenvalue weighted by molar-refractivity contribution is -0.0694. The molecule has 0 amide bonds. The Morgan fingerprint density at radius 3 is 2.52 bits per heavy atom. The van der Waals surface area contributed by atoms with E-state index in [9.17, 15) is 9.46 Å². The fraction of sp³-hybridized carbons (Fsp3) is 0.529. The SMILES string of the molecule is [2H]/C(=C\P(C)(=O)O)[C@H]1O[C@@H](c2ccccc2)[C@H](OC)[C@@H]1OC(C)C. The molecule has 128 valence electrons. The average Bonchev–Trinajstić information content (AvgIpc) is 2.84. The number of hydrogen-bond donors (Lipinski definition) is 1. The first-order chi connectivity index (χ1) is 11.2. The fourth-order valence-electron chi connectivity index (χ4n) is 2.64. The summed E-state index contributed by atoms with van der Waals surface area (Å²) in [6.07, 6.45) is -2.21. The normalized spacial score (nSPS) is 31.9. The molecule has 0 spiro atoms. The third-order valence-electron chi connectivity index (χ3n) is 3.52. The van der Waals surface area contributed by atoms with Gasteiger partial charge in [0.2, 0.25) is 7.37 Å². The molecule has 0 radical (unpaired) electrons. The smallest absolute Gasteiger partial charge is 0.219 e. The highest BCUT2D eigenvalue weighted by molar-refractivity contribution is 7.60. The summed E-state index contributed by atoms with van der Waals surface area (Å²) >= 11 is 0. The average molecular weight is 341 g/mol. The van der Waals surface area contributed by atoms with Gasteiger partial charge in [-0.15, -0.1) is 0 Å². The van der Waals surface area contributed by atoms with Gasteiger partial charge in [0, 0.05) is 13.8 Å². The maximum atomic E-state index is 11.6. The van der Waals surface area contributed by atoms with Gasteiger partial charge in [-0.05, 0) is 31.3 Å². The molecule has 1 aromatic rings. The summed E-state index contributed by atoms with van der Waals surface area (Å²) in [6.45, 7) is 4.98. The van der Waals surface area contributed by atoms with Crippen LogP contribution < -0.4 is 0 Å². The van der Waals surface area contributed by atoms with Crippen molar-refractivity contribution < 1.29 is 25.0 Å². The maximum absolute atomic E-state index is 11.6. The van der Waals surface area contributed by atoms with E-state index in [1.165, 1.54) is 6.66 Å². The number of ether oxygens (including phenoxy) is 3.